The highest BCUT2D eigenvalue weighted by molar-refractivity contribution is 6.05. The molecule has 4 aromatic carbocycles. The van der Waals surface area contributed by atoms with E-state index in [0.717, 1.165) is 54.4 Å². The van der Waals surface area contributed by atoms with Gasteiger partial charge in [-0.15, -0.1) is 0 Å². The molecule has 1 heterocycles. The molecule has 5 rings (SSSR count). The van der Waals surface area contributed by atoms with Crippen molar-refractivity contribution in [3.63, 3.8) is 0 Å². The van der Waals surface area contributed by atoms with Gasteiger partial charge in [0.25, 0.3) is 11.8 Å². The fourth-order valence-corrected chi connectivity index (χ4v) is 4.65. The van der Waals surface area contributed by atoms with Crippen molar-refractivity contribution in [1.29, 1.82) is 0 Å². The molecule has 0 unspecified atom stereocenters. The summed E-state index contributed by atoms with van der Waals surface area (Å²) >= 11 is 0. The van der Waals surface area contributed by atoms with Gasteiger partial charge in [-0.1, -0.05) is 36.4 Å². The Balaban J connectivity index is 1.19. The van der Waals surface area contributed by atoms with Crippen molar-refractivity contribution < 1.29 is 19.1 Å². The summed E-state index contributed by atoms with van der Waals surface area (Å²) < 4.78 is 5.42. The fourth-order valence-electron chi connectivity index (χ4n) is 4.65. The molecular weight excluding hydrogens is 516 g/mol. The molecular formula is C33H32N4O4. The van der Waals surface area contributed by atoms with Crippen LogP contribution in [0.1, 0.15) is 26.3 Å². The van der Waals surface area contributed by atoms with Gasteiger partial charge in [0.05, 0.1) is 19.8 Å². The average molecular weight is 549 g/mol. The van der Waals surface area contributed by atoms with Gasteiger partial charge >= 0.3 is 0 Å². The van der Waals surface area contributed by atoms with Crippen LogP contribution in [0.4, 0.5) is 17.1 Å². The molecule has 0 bridgehead atoms. The second-order valence-corrected chi connectivity index (χ2v) is 9.80. The summed E-state index contributed by atoms with van der Waals surface area (Å²) in [5, 5.41) is 8.40. The summed E-state index contributed by atoms with van der Waals surface area (Å²) in [6, 6.07) is 29.6. The molecule has 1 saturated heterocycles. The molecule has 3 N–H and O–H groups in total. The molecule has 0 aromatic heterocycles. The van der Waals surface area contributed by atoms with E-state index in [0.29, 0.717) is 16.8 Å². The van der Waals surface area contributed by atoms with Crippen LogP contribution in [0.25, 0.3) is 11.1 Å². The Labute approximate surface area is 239 Å². The molecule has 8 nitrogen and oxygen atoms in total. The lowest BCUT2D eigenvalue weighted by Gasteiger charge is -2.28. The summed E-state index contributed by atoms with van der Waals surface area (Å²) in [7, 11) is 0. The molecule has 0 saturated carbocycles. The maximum Gasteiger partial charge on any atom is 0.255 e. The smallest absolute Gasteiger partial charge is 0.255 e. The molecule has 3 amide bonds. The number of morpholine rings is 1. The van der Waals surface area contributed by atoms with Crippen LogP contribution in [0.3, 0.4) is 0 Å². The van der Waals surface area contributed by atoms with Gasteiger partial charge < -0.3 is 25.6 Å². The first-order valence-corrected chi connectivity index (χ1v) is 13.5. The number of carbonyl (C=O) groups excluding carboxylic acids is 3. The molecule has 0 aliphatic carbocycles. The largest absolute Gasteiger partial charge is 0.378 e. The monoisotopic (exact) mass is 548 g/mol. The Kier molecular flexibility index (Phi) is 8.71. The number of hydrogen-bond acceptors (Lipinski definition) is 5. The van der Waals surface area contributed by atoms with Crippen LogP contribution in [0, 0.1) is 6.92 Å². The van der Waals surface area contributed by atoms with E-state index < -0.39 is 0 Å². The Morgan fingerprint density at radius 2 is 1.39 bits per heavy atom. The van der Waals surface area contributed by atoms with Gasteiger partial charge in [-0.3, -0.25) is 14.4 Å². The zero-order valence-electron chi connectivity index (χ0n) is 22.9. The van der Waals surface area contributed by atoms with E-state index in [1.165, 1.54) is 0 Å². The molecule has 1 aliphatic rings. The molecule has 208 valence electrons. The number of amides is 3. The number of ether oxygens (including phenoxy) is 1. The van der Waals surface area contributed by atoms with E-state index in [1.54, 1.807) is 36.4 Å². The molecule has 1 fully saturated rings. The van der Waals surface area contributed by atoms with E-state index in [4.69, 9.17) is 4.74 Å². The average Bonchev–Trinajstić information content (AvgIpc) is 3.02. The lowest BCUT2D eigenvalue weighted by molar-refractivity contribution is -0.115. The van der Waals surface area contributed by atoms with Crippen LogP contribution in [-0.4, -0.2) is 50.6 Å². The van der Waals surface area contributed by atoms with Crippen LogP contribution in [0.15, 0.2) is 97.1 Å². The minimum atomic E-state index is -0.324. The van der Waals surface area contributed by atoms with Gasteiger partial charge in [-0.25, -0.2) is 0 Å². The first-order chi connectivity index (χ1) is 20.0. The summed E-state index contributed by atoms with van der Waals surface area (Å²) in [5.41, 5.74) is 6.37. The number of anilines is 3. The third-order valence-corrected chi connectivity index (χ3v) is 6.93. The van der Waals surface area contributed by atoms with E-state index in [2.05, 4.69) is 20.9 Å². The van der Waals surface area contributed by atoms with Gasteiger partial charge in [-0.05, 0) is 84.3 Å². The van der Waals surface area contributed by atoms with Gasteiger partial charge in [-0.2, -0.15) is 0 Å². The highest BCUT2D eigenvalue weighted by Crippen LogP contribution is 2.27. The molecule has 4 aromatic rings. The first-order valence-electron chi connectivity index (χ1n) is 13.5. The minimum Gasteiger partial charge on any atom is -0.378 e. The predicted molar refractivity (Wildman–Crippen MR) is 161 cm³/mol. The fraction of sp³-hybridized carbons (Fsp3) is 0.182. The van der Waals surface area contributed by atoms with Gasteiger partial charge in [0.1, 0.15) is 0 Å². The summed E-state index contributed by atoms with van der Waals surface area (Å²) in [6.07, 6.45) is 0. The third-order valence-electron chi connectivity index (χ3n) is 6.93. The SMILES string of the molecule is Cc1ccc(C(=O)Nc2ccc(N3CCOCC3)cc2)cc1-c1ccc(NC(=O)CNC(=O)c2ccccc2)cc1. The summed E-state index contributed by atoms with van der Waals surface area (Å²) in [6.45, 7) is 5.02. The number of nitrogens with one attached hydrogen (secondary N) is 3. The number of aryl methyl sites for hydroxylation is 1. The third kappa shape index (κ3) is 7.17. The Hall–Kier alpha value is -4.95. The van der Waals surface area contributed by atoms with E-state index in [9.17, 15) is 14.4 Å². The Morgan fingerprint density at radius 3 is 2.10 bits per heavy atom. The zero-order valence-corrected chi connectivity index (χ0v) is 22.9. The van der Waals surface area contributed by atoms with Crippen LogP contribution >= 0.6 is 0 Å². The van der Waals surface area contributed by atoms with Crippen LogP contribution in [-0.2, 0) is 9.53 Å². The van der Waals surface area contributed by atoms with Crippen molar-refractivity contribution in [1.82, 2.24) is 5.32 Å². The standard InChI is InChI=1S/C33H32N4O4/c1-23-7-8-26(33(40)36-28-13-15-29(16-14-28)37-17-19-41-20-18-37)21-30(23)24-9-11-27(12-10-24)35-31(38)22-34-32(39)25-5-3-2-4-6-25/h2-16,21H,17-20,22H2,1H3,(H,34,39)(H,35,38)(H,36,40). The number of rotatable bonds is 8. The molecule has 8 heteroatoms. The number of benzene rings is 4. The second-order valence-electron chi connectivity index (χ2n) is 9.80. The van der Waals surface area contributed by atoms with Gasteiger partial charge in [0.2, 0.25) is 5.91 Å². The summed E-state index contributed by atoms with van der Waals surface area (Å²) in [5.74, 6) is -0.817. The lowest BCUT2D eigenvalue weighted by atomic mass is 9.97. The predicted octanol–water partition coefficient (Wildman–Crippen LogP) is 5.12. The number of hydrogen-bond donors (Lipinski definition) is 3. The second kappa shape index (κ2) is 12.9. The van der Waals surface area contributed by atoms with E-state index in [-0.39, 0.29) is 24.3 Å². The minimum absolute atomic E-state index is 0.137. The molecule has 1 aliphatic heterocycles. The van der Waals surface area contributed by atoms with E-state index in [1.807, 2.05) is 67.6 Å². The van der Waals surface area contributed by atoms with Crippen molar-refractivity contribution in [2.45, 2.75) is 6.92 Å². The van der Waals surface area contributed by atoms with Gasteiger partial charge in [0.15, 0.2) is 0 Å². The van der Waals surface area contributed by atoms with Crippen LogP contribution < -0.4 is 20.9 Å². The topological polar surface area (TPSA) is 99.8 Å². The van der Waals surface area contributed by atoms with Crippen molar-refractivity contribution in [3.8, 4) is 11.1 Å². The molecule has 0 spiro atoms. The first kappa shape index (κ1) is 27.6. The molecule has 41 heavy (non-hydrogen) atoms. The van der Waals surface area contributed by atoms with Crippen LogP contribution in [0.5, 0.6) is 0 Å². The lowest BCUT2D eigenvalue weighted by Crippen LogP contribution is -2.36. The highest BCUT2D eigenvalue weighted by atomic mass is 16.5. The van der Waals surface area contributed by atoms with E-state index >= 15 is 0 Å². The highest BCUT2D eigenvalue weighted by Gasteiger charge is 2.13. The molecule has 0 atom stereocenters. The normalized spacial score (nSPS) is 12.9. The summed E-state index contributed by atoms with van der Waals surface area (Å²) in [4.78, 5) is 39.8. The van der Waals surface area contributed by atoms with Crippen molar-refractivity contribution in [2.75, 3.05) is 48.4 Å². The maximum absolute atomic E-state index is 13.1. The zero-order chi connectivity index (χ0) is 28.6. The number of nitrogens with zero attached hydrogens (tertiary/aromatic N) is 1. The van der Waals surface area contributed by atoms with Gasteiger partial charge in [0, 0.05) is 41.3 Å². The maximum atomic E-state index is 13.1. The van der Waals surface area contributed by atoms with Crippen LogP contribution in [0.2, 0.25) is 0 Å². The Bertz CT molecular complexity index is 1510. The van der Waals surface area contributed by atoms with Crippen molar-refractivity contribution in [2.24, 2.45) is 0 Å². The van der Waals surface area contributed by atoms with Crippen molar-refractivity contribution in [3.05, 3.63) is 114 Å². The quantitative estimate of drug-likeness (QED) is 0.284. The number of carbonyl (C=O) groups is 3. The Morgan fingerprint density at radius 1 is 0.732 bits per heavy atom. The molecule has 0 radical (unpaired) electrons. The van der Waals surface area contributed by atoms with Crippen molar-refractivity contribution >= 4 is 34.8 Å².